The molecular formula is C21H27N3O2. The van der Waals surface area contributed by atoms with Crippen LogP contribution in [0, 0.1) is 12.8 Å². The predicted molar refractivity (Wildman–Crippen MR) is 99.9 cm³/mol. The van der Waals surface area contributed by atoms with E-state index in [0.717, 1.165) is 38.3 Å². The molecule has 1 amide bonds. The van der Waals surface area contributed by atoms with Gasteiger partial charge in [-0.05, 0) is 37.7 Å². The molecule has 1 aromatic carbocycles. The maximum absolute atomic E-state index is 13.2. The molecule has 3 aliphatic heterocycles. The van der Waals surface area contributed by atoms with Gasteiger partial charge in [0.25, 0.3) is 5.91 Å². The van der Waals surface area contributed by atoms with Crippen molar-refractivity contribution in [3.63, 3.8) is 0 Å². The number of amides is 1. The minimum Gasteiger partial charge on any atom is -0.361 e. The number of aromatic nitrogens is 1. The Morgan fingerprint density at radius 3 is 2.77 bits per heavy atom. The van der Waals surface area contributed by atoms with Crippen LogP contribution in [0.1, 0.15) is 47.1 Å². The second-order valence-corrected chi connectivity index (χ2v) is 7.64. The lowest BCUT2D eigenvalue weighted by molar-refractivity contribution is 0.0733. The van der Waals surface area contributed by atoms with Crippen LogP contribution < -0.4 is 0 Å². The van der Waals surface area contributed by atoms with E-state index in [9.17, 15) is 4.79 Å². The standard InChI is InChI=1S/C21H27N3O2/c1-3-19-20(15(2)26-22-19)21(25)24-13-17-9-10-18(14-24)23(12-17)11-16-7-5-4-6-8-16/h4-8,17-18H,3,9-14H2,1-2H3/t17-,18-/m0/s1. The molecular weight excluding hydrogens is 326 g/mol. The smallest absolute Gasteiger partial charge is 0.259 e. The van der Waals surface area contributed by atoms with Crippen molar-refractivity contribution >= 4 is 5.91 Å². The van der Waals surface area contributed by atoms with E-state index >= 15 is 0 Å². The third-order valence-corrected chi connectivity index (χ3v) is 5.82. The summed E-state index contributed by atoms with van der Waals surface area (Å²) in [5.74, 6) is 1.29. The fourth-order valence-corrected chi connectivity index (χ4v) is 4.45. The molecule has 0 unspecified atom stereocenters. The largest absolute Gasteiger partial charge is 0.361 e. The SMILES string of the molecule is CCc1noc(C)c1C(=O)N1C[C@H]2CC[C@@H](C1)N(Cc1ccccc1)C2. The van der Waals surface area contributed by atoms with Crippen molar-refractivity contribution in [1.82, 2.24) is 15.0 Å². The molecule has 0 saturated carbocycles. The Kier molecular flexibility index (Phi) is 4.81. The summed E-state index contributed by atoms with van der Waals surface area (Å²) in [7, 11) is 0. The molecule has 2 aromatic rings. The average Bonchev–Trinajstić information content (AvgIpc) is 2.82. The normalized spacial score (nSPS) is 23.2. The molecule has 3 saturated heterocycles. The summed E-state index contributed by atoms with van der Waals surface area (Å²) >= 11 is 0. The first kappa shape index (κ1) is 17.3. The minimum absolute atomic E-state index is 0.0964. The van der Waals surface area contributed by atoms with Gasteiger partial charge in [-0.15, -0.1) is 0 Å². The third kappa shape index (κ3) is 3.28. The molecule has 5 heteroatoms. The molecule has 138 valence electrons. The van der Waals surface area contributed by atoms with E-state index in [2.05, 4.69) is 40.4 Å². The Bertz CT molecular complexity index is 771. The number of piperidine rings is 1. The molecule has 5 rings (SSSR count). The van der Waals surface area contributed by atoms with Crippen molar-refractivity contribution in [3.8, 4) is 0 Å². The van der Waals surface area contributed by atoms with Crippen molar-refractivity contribution in [2.75, 3.05) is 19.6 Å². The van der Waals surface area contributed by atoms with E-state index < -0.39 is 0 Å². The summed E-state index contributed by atoms with van der Waals surface area (Å²) in [6, 6.07) is 11.1. The van der Waals surface area contributed by atoms with E-state index in [1.807, 2.05) is 18.7 Å². The highest BCUT2D eigenvalue weighted by Crippen LogP contribution is 2.30. The lowest BCUT2D eigenvalue weighted by Gasteiger charge is -2.36. The van der Waals surface area contributed by atoms with Gasteiger partial charge >= 0.3 is 0 Å². The molecule has 5 nitrogen and oxygen atoms in total. The molecule has 2 atom stereocenters. The fraction of sp³-hybridized carbons (Fsp3) is 0.524. The Labute approximate surface area is 155 Å². The lowest BCUT2D eigenvalue weighted by atomic mass is 9.94. The van der Waals surface area contributed by atoms with Gasteiger partial charge in [-0.1, -0.05) is 42.4 Å². The molecule has 3 aliphatic rings. The zero-order valence-corrected chi connectivity index (χ0v) is 15.6. The maximum Gasteiger partial charge on any atom is 0.259 e. The molecule has 1 aromatic heterocycles. The Hall–Kier alpha value is -2.14. The van der Waals surface area contributed by atoms with Gasteiger partial charge in [-0.2, -0.15) is 0 Å². The summed E-state index contributed by atoms with van der Waals surface area (Å²) in [6.07, 6.45) is 3.10. The Morgan fingerprint density at radius 1 is 1.19 bits per heavy atom. The molecule has 2 bridgehead atoms. The molecule has 3 fully saturated rings. The Morgan fingerprint density at radius 2 is 2.00 bits per heavy atom. The van der Waals surface area contributed by atoms with Gasteiger partial charge in [0, 0.05) is 32.2 Å². The van der Waals surface area contributed by atoms with Gasteiger partial charge in [-0.25, -0.2) is 0 Å². The van der Waals surface area contributed by atoms with E-state index in [4.69, 9.17) is 4.52 Å². The predicted octanol–water partition coefficient (Wildman–Crippen LogP) is 3.28. The van der Waals surface area contributed by atoms with Crippen LogP contribution in [0.5, 0.6) is 0 Å². The number of benzene rings is 1. The molecule has 26 heavy (non-hydrogen) atoms. The maximum atomic E-state index is 13.2. The van der Waals surface area contributed by atoms with Crippen molar-refractivity contribution < 1.29 is 9.32 Å². The number of nitrogens with zero attached hydrogens (tertiary/aromatic N) is 3. The Balaban J connectivity index is 1.52. The quantitative estimate of drug-likeness (QED) is 0.846. The first-order chi connectivity index (χ1) is 12.7. The lowest BCUT2D eigenvalue weighted by Crippen LogP contribution is -2.44. The monoisotopic (exact) mass is 353 g/mol. The van der Waals surface area contributed by atoms with Gasteiger partial charge < -0.3 is 9.42 Å². The number of aryl methyl sites for hydroxylation is 2. The van der Waals surface area contributed by atoms with E-state index in [1.54, 1.807) is 0 Å². The third-order valence-electron chi connectivity index (χ3n) is 5.82. The number of hydrogen-bond donors (Lipinski definition) is 0. The number of carbonyl (C=O) groups excluding carboxylic acids is 1. The van der Waals surface area contributed by atoms with Crippen LogP contribution in [0.15, 0.2) is 34.9 Å². The zero-order chi connectivity index (χ0) is 18.1. The van der Waals surface area contributed by atoms with Gasteiger partial charge in [0.15, 0.2) is 0 Å². The van der Waals surface area contributed by atoms with E-state index in [1.165, 1.54) is 18.4 Å². The number of hydrogen-bond acceptors (Lipinski definition) is 4. The van der Waals surface area contributed by atoms with Crippen molar-refractivity contribution in [1.29, 1.82) is 0 Å². The molecule has 0 aliphatic carbocycles. The van der Waals surface area contributed by atoms with Gasteiger partial charge in [0.2, 0.25) is 0 Å². The van der Waals surface area contributed by atoms with Crippen LogP contribution >= 0.6 is 0 Å². The summed E-state index contributed by atoms with van der Waals surface area (Å²) in [5, 5.41) is 4.07. The molecule has 4 heterocycles. The van der Waals surface area contributed by atoms with Crippen LogP contribution in [0.3, 0.4) is 0 Å². The molecule has 0 spiro atoms. The van der Waals surface area contributed by atoms with Crippen LogP contribution in [0.4, 0.5) is 0 Å². The van der Waals surface area contributed by atoms with Gasteiger partial charge in [0.05, 0.1) is 5.69 Å². The van der Waals surface area contributed by atoms with Gasteiger partial charge in [0.1, 0.15) is 11.3 Å². The summed E-state index contributed by atoms with van der Waals surface area (Å²) in [4.78, 5) is 17.8. The highest BCUT2D eigenvalue weighted by atomic mass is 16.5. The van der Waals surface area contributed by atoms with Crippen LogP contribution in [0.2, 0.25) is 0 Å². The van der Waals surface area contributed by atoms with Crippen molar-refractivity contribution in [2.45, 2.75) is 45.7 Å². The summed E-state index contributed by atoms with van der Waals surface area (Å²) in [5.41, 5.74) is 2.81. The number of carbonyl (C=O) groups is 1. The summed E-state index contributed by atoms with van der Waals surface area (Å²) in [6.45, 7) is 7.54. The molecule has 0 N–H and O–H groups in total. The average molecular weight is 353 g/mol. The second kappa shape index (κ2) is 7.23. The van der Waals surface area contributed by atoms with Gasteiger partial charge in [-0.3, -0.25) is 9.69 Å². The minimum atomic E-state index is 0.0964. The van der Waals surface area contributed by atoms with E-state index in [0.29, 0.717) is 23.3 Å². The highest BCUT2D eigenvalue weighted by Gasteiger charge is 2.37. The first-order valence-corrected chi connectivity index (χ1v) is 9.68. The molecule has 0 radical (unpaired) electrons. The van der Waals surface area contributed by atoms with Crippen LogP contribution in [0.25, 0.3) is 0 Å². The summed E-state index contributed by atoms with van der Waals surface area (Å²) < 4.78 is 5.29. The van der Waals surface area contributed by atoms with Crippen LogP contribution in [-0.4, -0.2) is 46.5 Å². The number of rotatable bonds is 4. The number of fused-ring (bicyclic) bond motifs is 4. The van der Waals surface area contributed by atoms with E-state index in [-0.39, 0.29) is 5.91 Å². The fourth-order valence-electron chi connectivity index (χ4n) is 4.45. The topological polar surface area (TPSA) is 49.6 Å². The van der Waals surface area contributed by atoms with Crippen molar-refractivity contribution in [3.05, 3.63) is 52.9 Å². The highest BCUT2D eigenvalue weighted by molar-refractivity contribution is 5.96. The zero-order valence-electron chi connectivity index (χ0n) is 15.6. The second-order valence-electron chi connectivity index (χ2n) is 7.64. The first-order valence-electron chi connectivity index (χ1n) is 9.68. The van der Waals surface area contributed by atoms with Crippen molar-refractivity contribution in [2.24, 2.45) is 5.92 Å². The van der Waals surface area contributed by atoms with Crippen LogP contribution in [-0.2, 0) is 13.0 Å².